The minimum absolute atomic E-state index is 0.152. The first kappa shape index (κ1) is 12.4. The number of hydrogen-bond donors (Lipinski definition) is 2. The lowest BCUT2D eigenvalue weighted by Crippen LogP contribution is -2.13. The van der Waals surface area contributed by atoms with Crippen LogP contribution >= 0.6 is 0 Å². The number of hydrogen-bond acceptors (Lipinski definition) is 3. The van der Waals surface area contributed by atoms with Crippen LogP contribution < -0.4 is 5.32 Å². The molecule has 2 N–H and O–H groups in total. The van der Waals surface area contributed by atoms with Gasteiger partial charge in [-0.3, -0.25) is 9.48 Å². The Bertz CT molecular complexity index is 799. The number of imidazole rings is 1. The number of aromatic nitrogens is 4. The highest BCUT2D eigenvalue weighted by molar-refractivity contribution is 6.06. The Morgan fingerprint density at radius 1 is 1.35 bits per heavy atom. The van der Waals surface area contributed by atoms with E-state index in [0.29, 0.717) is 5.56 Å². The van der Waals surface area contributed by atoms with Crippen LogP contribution in [0.5, 0.6) is 0 Å². The molecule has 0 saturated heterocycles. The number of rotatable bonds is 2. The Balaban J connectivity index is 1.92. The van der Waals surface area contributed by atoms with Gasteiger partial charge in [0.25, 0.3) is 5.91 Å². The summed E-state index contributed by atoms with van der Waals surface area (Å²) in [6.07, 6.45) is 1.61. The molecule has 3 rings (SSSR count). The first-order valence-corrected chi connectivity index (χ1v) is 6.31. The molecule has 1 amide bonds. The Morgan fingerprint density at radius 2 is 2.15 bits per heavy atom. The molecular formula is C14H15N5O. The summed E-state index contributed by atoms with van der Waals surface area (Å²) in [6.45, 7) is 3.80. The average Bonchev–Trinajstić information content (AvgIpc) is 2.98. The molecule has 1 aromatic carbocycles. The summed E-state index contributed by atoms with van der Waals surface area (Å²) in [7, 11) is 1.86. The van der Waals surface area contributed by atoms with Gasteiger partial charge in [-0.2, -0.15) is 5.10 Å². The van der Waals surface area contributed by atoms with E-state index in [1.54, 1.807) is 23.1 Å². The van der Waals surface area contributed by atoms with E-state index in [4.69, 9.17) is 0 Å². The van der Waals surface area contributed by atoms with Crippen molar-refractivity contribution >= 4 is 22.6 Å². The molecule has 0 radical (unpaired) electrons. The number of amides is 1. The maximum atomic E-state index is 12.3. The molecule has 0 spiro atoms. The minimum Gasteiger partial charge on any atom is -0.345 e. The van der Waals surface area contributed by atoms with Gasteiger partial charge in [0.2, 0.25) is 0 Å². The van der Waals surface area contributed by atoms with Crippen LogP contribution in [0.3, 0.4) is 0 Å². The molecule has 0 bridgehead atoms. The molecule has 0 aliphatic heterocycles. The van der Waals surface area contributed by atoms with Crippen molar-refractivity contribution < 1.29 is 4.79 Å². The zero-order valence-corrected chi connectivity index (χ0v) is 11.6. The summed E-state index contributed by atoms with van der Waals surface area (Å²) in [6, 6.07) is 5.38. The fourth-order valence-corrected chi connectivity index (χ4v) is 2.22. The zero-order valence-electron chi connectivity index (χ0n) is 11.6. The molecule has 6 nitrogen and oxygen atoms in total. The third-order valence-electron chi connectivity index (χ3n) is 3.43. The van der Waals surface area contributed by atoms with Gasteiger partial charge in [0.15, 0.2) is 0 Å². The van der Waals surface area contributed by atoms with Gasteiger partial charge < -0.3 is 10.3 Å². The molecule has 0 unspecified atom stereocenters. The number of aromatic amines is 1. The van der Waals surface area contributed by atoms with Gasteiger partial charge in [-0.15, -0.1) is 0 Å². The smallest absolute Gasteiger partial charge is 0.255 e. The van der Waals surface area contributed by atoms with Gasteiger partial charge in [-0.25, -0.2) is 4.98 Å². The van der Waals surface area contributed by atoms with Crippen molar-refractivity contribution in [2.45, 2.75) is 13.8 Å². The standard InChI is InChI=1S/C14H15N5O/c1-8-13(9(2)19(3)18-8)17-14(20)10-4-5-11-12(6-10)16-7-15-11/h4-7H,1-3H3,(H,15,16)(H,17,20). The zero-order chi connectivity index (χ0) is 14.3. The molecule has 102 valence electrons. The number of nitrogens with zero attached hydrogens (tertiary/aromatic N) is 3. The van der Waals surface area contributed by atoms with E-state index in [2.05, 4.69) is 20.4 Å². The second kappa shape index (κ2) is 4.48. The Kier molecular flexibility index (Phi) is 2.78. The summed E-state index contributed by atoms with van der Waals surface area (Å²) < 4.78 is 1.75. The van der Waals surface area contributed by atoms with E-state index in [0.717, 1.165) is 28.1 Å². The van der Waals surface area contributed by atoms with Crippen LogP contribution in [0.1, 0.15) is 21.7 Å². The highest BCUT2D eigenvalue weighted by Crippen LogP contribution is 2.20. The maximum Gasteiger partial charge on any atom is 0.255 e. The van der Waals surface area contributed by atoms with E-state index in [9.17, 15) is 4.79 Å². The van der Waals surface area contributed by atoms with Gasteiger partial charge in [0.1, 0.15) is 0 Å². The molecule has 0 aliphatic rings. The summed E-state index contributed by atoms with van der Waals surface area (Å²) >= 11 is 0. The van der Waals surface area contributed by atoms with Crippen molar-refractivity contribution in [2.75, 3.05) is 5.32 Å². The summed E-state index contributed by atoms with van der Waals surface area (Å²) in [5.74, 6) is -0.152. The lowest BCUT2D eigenvalue weighted by Gasteiger charge is -2.05. The third kappa shape index (κ3) is 1.95. The minimum atomic E-state index is -0.152. The molecule has 0 aliphatic carbocycles. The number of carbonyl (C=O) groups is 1. The Labute approximate surface area is 115 Å². The quantitative estimate of drug-likeness (QED) is 0.748. The average molecular weight is 269 g/mol. The predicted octanol–water partition coefficient (Wildman–Crippen LogP) is 2.17. The Hall–Kier alpha value is -2.63. The number of carbonyl (C=O) groups excluding carboxylic acids is 1. The van der Waals surface area contributed by atoms with Crippen LogP contribution in [-0.2, 0) is 7.05 Å². The van der Waals surface area contributed by atoms with Gasteiger partial charge in [0.05, 0.1) is 34.4 Å². The summed E-state index contributed by atoms with van der Waals surface area (Å²) in [5.41, 5.74) is 4.78. The van der Waals surface area contributed by atoms with Crippen LogP contribution in [-0.4, -0.2) is 25.7 Å². The van der Waals surface area contributed by atoms with E-state index < -0.39 is 0 Å². The predicted molar refractivity (Wildman–Crippen MR) is 76.7 cm³/mol. The van der Waals surface area contributed by atoms with Gasteiger partial charge in [-0.1, -0.05) is 0 Å². The summed E-state index contributed by atoms with van der Waals surface area (Å²) in [4.78, 5) is 19.4. The molecule has 2 aromatic heterocycles. The fourth-order valence-electron chi connectivity index (χ4n) is 2.22. The van der Waals surface area contributed by atoms with Crippen molar-refractivity contribution in [1.82, 2.24) is 19.7 Å². The molecule has 0 fully saturated rings. The number of benzene rings is 1. The molecular weight excluding hydrogens is 254 g/mol. The van der Waals surface area contributed by atoms with Gasteiger partial charge >= 0.3 is 0 Å². The van der Waals surface area contributed by atoms with Gasteiger partial charge in [0, 0.05) is 12.6 Å². The first-order valence-electron chi connectivity index (χ1n) is 6.31. The van der Waals surface area contributed by atoms with Crippen molar-refractivity contribution in [3.05, 3.63) is 41.5 Å². The Morgan fingerprint density at radius 3 is 2.85 bits per heavy atom. The molecule has 6 heteroatoms. The van der Waals surface area contributed by atoms with E-state index in [1.807, 2.05) is 27.0 Å². The van der Waals surface area contributed by atoms with Crippen molar-refractivity contribution in [2.24, 2.45) is 7.05 Å². The van der Waals surface area contributed by atoms with E-state index in [1.165, 1.54) is 0 Å². The normalized spacial score (nSPS) is 10.9. The highest BCUT2D eigenvalue weighted by atomic mass is 16.1. The van der Waals surface area contributed by atoms with Crippen LogP contribution in [0.4, 0.5) is 5.69 Å². The molecule has 20 heavy (non-hydrogen) atoms. The van der Waals surface area contributed by atoms with Crippen LogP contribution in [0.25, 0.3) is 11.0 Å². The highest BCUT2D eigenvalue weighted by Gasteiger charge is 2.14. The van der Waals surface area contributed by atoms with Gasteiger partial charge in [-0.05, 0) is 32.0 Å². The monoisotopic (exact) mass is 269 g/mol. The largest absolute Gasteiger partial charge is 0.345 e. The topological polar surface area (TPSA) is 75.6 Å². The molecule has 0 atom stereocenters. The maximum absolute atomic E-state index is 12.3. The lowest BCUT2D eigenvalue weighted by molar-refractivity contribution is 0.102. The third-order valence-corrected chi connectivity index (χ3v) is 3.43. The lowest BCUT2D eigenvalue weighted by atomic mass is 10.2. The van der Waals surface area contributed by atoms with Crippen molar-refractivity contribution in [3.63, 3.8) is 0 Å². The van der Waals surface area contributed by atoms with Crippen molar-refractivity contribution in [3.8, 4) is 0 Å². The fraction of sp³-hybridized carbons (Fsp3) is 0.214. The van der Waals surface area contributed by atoms with Crippen LogP contribution in [0.15, 0.2) is 24.5 Å². The SMILES string of the molecule is Cc1nn(C)c(C)c1NC(=O)c1ccc2nc[nH]c2c1. The van der Waals surface area contributed by atoms with E-state index >= 15 is 0 Å². The molecule has 3 aromatic rings. The second-order valence-electron chi connectivity index (χ2n) is 4.76. The number of anilines is 1. The first-order chi connectivity index (χ1) is 9.56. The van der Waals surface area contributed by atoms with Crippen molar-refractivity contribution in [1.29, 1.82) is 0 Å². The number of aryl methyl sites for hydroxylation is 2. The summed E-state index contributed by atoms with van der Waals surface area (Å²) in [5, 5.41) is 7.20. The number of H-pyrrole nitrogens is 1. The molecule has 0 saturated carbocycles. The molecule has 2 heterocycles. The van der Waals surface area contributed by atoms with Crippen LogP contribution in [0, 0.1) is 13.8 Å². The van der Waals surface area contributed by atoms with E-state index in [-0.39, 0.29) is 5.91 Å². The second-order valence-corrected chi connectivity index (χ2v) is 4.76. The number of nitrogens with one attached hydrogen (secondary N) is 2. The number of fused-ring (bicyclic) bond motifs is 1. The van der Waals surface area contributed by atoms with Crippen LogP contribution in [0.2, 0.25) is 0 Å².